The van der Waals surface area contributed by atoms with Gasteiger partial charge >= 0.3 is 0 Å². The Labute approximate surface area is 391 Å². The van der Waals surface area contributed by atoms with Crippen LogP contribution in [-0.4, -0.2) is 0 Å². The normalized spacial score (nSPS) is 13.0. The third kappa shape index (κ3) is 5.76. The SMILES string of the molecule is CC1(C)c2ccccc2-c2ccc(N(c3ccc(-c4cccc5c4sc4ccccc45)cc3)c3ccc4oc5c(-c6ccc(-c7ccccc7)cc6)c6c(cc5c4c3)oc3ccccc36)cc21. The van der Waals surface area contributed by atoms with Crippen molar-refractivity contribution in [2.45, 2.75) is 19.3 Å². The van der Waals surface area contributed by atoms with E-state index in [1.165, 1.54) is 64.7 Å². The Balaban J connectivity index is 0.959. The van der Waals surface area contributed by atoms with Crippen molar-refractivity contribution >= 4 is 92.4 Å². The van der Waals surface area contributed by atoms with E-state index in [1.807, 2.05) is 17.4 Å². The van der Waals surface area contributed by atoms with E-state index in [-0.39, 0.29) is 5.41 Å². The van der Waals surface area contributed by atoms with Crippen molar-refractivity contribution in [1.29, 1.82) is 0 Å². The number of rotatable bonds is 6. The van der Waals surface area contributed by atoms with Gasteiger partial charge in [-0.05, 0) is 111 Å². The predicted molar refractivity (Wildman–Crippen MR) is 282 cm³/mol. The zero-order valence-corrected chi connectivity index (χ0v) is 37.7. The highest BCUT2D eigenvalue weighted by Crippen LogP contribution is 2.52. The fraction of sp³-hybridized carbons (Fsp3) is 0.0476. The Bertz CT molecular complexity index is 4110. The van der Waals surface area contributed by atoms with Gasteiger partial charge in [0.15, 0.2) is 0 Å². The fourth-order valence-electron chi connectivity index (χ4n) is 11.0. The number of benzene rings is 10. The van der Waals surface area contributed by atoms with E-state index < -0.39 is 0 Å². The van der Waals surface area contributed by atoms with Gasteiger partial charge in [-0.1, -0.05) is 166 Å². The Morgan fingerprint density at radius 1 is 0.388 bits per heavy atom. The van der Waals surface area contributed by atoms with Crippen LogP contribution in [0.1, 0.15) is 25.0 Å². The Hall–Kier alpha value is -8.18. The molecule has 4 heteroatoms. The number of hydrogen-bond donors (Lipinski definition) is 0. The molecule has 1 aliphatic rings. The standard InChI is InChI=1S/C63H41NO2S/c1-63(2)53-20-9-6-15-46(53)47-33-31-44(36-54(47)63)64(42-29-27-40(28-30-42)45-18-12-19-49-48-16-8-11-22-58(48)67-62(45)49)43-32-34-56-51(35-43)52-37-57-60(50-17-7-10-21-55(50)65-57)59(61(52)66-56)41-25-23-39(24-26-41)38-13-4-3-5-14-38/h3-37H,1-2H3. The van der Waals surface area contributed by atoms with Crippen molar-refractivity contribution in [2.75, 3.05) is 4.90 Å². The molecule has 316 valence electrons. The van der Waals surface area contributed by atoms with Gasteiger partial charge in [0.2, 0.25) is 0 Å². The molecule has 13 aromatic rings. The van der Waals surface area contributed by atoms with Crippen LogP contribution in [0.2, 0.25) is 0 Å². The summed E-state index contributed by atoms with van der Waals surface area (Å²) in [6.45, 7) is 4.70. The summed E-state index contributed by atoms with van der Waals surface area (Å²) < 4.78 is 16.3. The molecule has 0 saturated carbocycles. The molecule has 0 aliphatic heterocycles. The molecular formula is C63H41NO2S. The van der Waals surface area contributed by atoms with Crippen LogP contribution in [-0.2, 0) is 5.41 Å². The quantitative estimate of drug-likeness (QED) is 0.167. The highest BCUT2D eigenvalue weighted by atomic mass is 32.1. The molecule has 3 heterocycles. The molecule has 0 amide bonds. The Morgan fingerprint density at radius 2 is 1.01 bits per heavy atom. The summed E-state index contributed by atoms with van der Waals surface area (Å²) in [5.74, 6) is 0. The van der Waals surface area contributed by atoms with Gasteiger partial charge in [0, 0.05) is 69.8 Å². The number of fused-ring (bicyclic) bond motifs is 12. The largest absolute Gasteiger partial charge is 0.456 e. The van der Waals surface area contributed by atoms with Gasteiger partial charge in [-0.25, -0.2) is 0 Å². The molecule has 0 saturated heterocycles. The van der Waals surface area contributed by atoms with E-state index in [1.54, 1.807) is 0 Å². The number of anilines is 3. The topological polar surface area (TPSA) is 29.5 Å². The van der Waals surface area contributed by atoms with Gasteiger partial charge in [0.05, 0.1) is 0 Å². The first-order valence-corrected chi connectivity index (χ1v) is 23.8. The Morgan fingerprint density at radius 3 is 1.88 bits per heavy atom. The smallest absolute Gasteiger partial charge is 0.144 e. The lowest BCUT2D eigenvalue weighted by atomic mass is 9.82. The lowest BCUT2D eigenvalue weighted by Gasteiger charge is -2.28. The van der Waals surface area contributed by atoms with Gasteiger partial charge in [-0.3, -0.25) is 0 Å². The Kier molecular flexibility index (Phi) is 8.20. The molecule has 1 aliphatic carbocycles. The van der Waals surface area contributed by atoms with Crippen molar-refractivity contribution in [3.8, 4) is 44.5 Å². The first-order valence-electron chi connectivity index (χ1n) is 23.0. The van der Waals surface area contributed by atoms with Crippen LogP contribution >= 0.6 is 11.3 Å². The summed E-state index contributed by atoms with van der Waals surface area (Å²) in [6.07, 6.45) is 0. The van der Waals surface area contributed by atoms with Crippen LogP contribution < -0.4 is 4.90 Å². The molecule has 67 heavy (non-hydrogen) atoms. The van der Waals surface area contributed by atoms with Crippen LogP contribution in [0, 0.1) is 0 Å². The summed E-state index contributed by atoms with van der Waals surface area (Å²) >= 11 is 1.87. The van der Waals surface area contributed by atoms with Gasteiger partial charge in [-0.15, -0.1) is 11.3 Å². The molecule has 3 nitrogen and oxygen atoms in total. The van der Waals surface area contributed by atoms with Crippen molar-refractivity contribution in [1.82, 2.24) is 0 Å². The molecule has 0 bridgehead atoms. The molecule has 10 aromatic carbocycles. The zero-order valence-electron chi connectivity index (χ0n) is 36.9. The minimum Gasteiger partial charge on any atom is -0.456 e. The van der Waals surface area contributed by atoms with Crippen LogP contribution in [0.15, 0.2) is 221 Å². The molecular weight excluding hydrogens is 835 g/mol. The third-order valence-corrected chi connectivity index (χ3v) is 15.5. The van der Waals surface area contributed by atoms with Gasteiger partial charge in [0.25, 0.3) is 0 Å². The lowest BCUT2D eigenvalue weighted by Crippen LogP contribution is -2.16. The molecule has 14 rings (SSSR count). The maximum Gasteiger partial charge on any atom is 0.144 e. The van der Waals surface area contributed by atoms with Crippen LogP contribution in [0.4, 0.5) is 17.1 Å². The average molecular weight is 876 g/mol. The number of thiophene rings is 1. The second kappa shape index (κ2) is 14.4. The second-order valence-corrected chi connectivity index (χ2v) is 19.4. The van der Waals surface area contributed by atoms with E-state index in [0.717, 1.165) is 72.1 Å². The molecule has 0 N–H and O–H groups in total. The van der Waals surface area contributed by atoms with Gasteiger partial charge in [0.1, 0.15) is 22.3 Å². The van der Waals surface area contributed by atoms with E-state index in [2.05, 4.69) is 225 Å². The van der Waals surface area contributed by atoms with Gasteiger partial charge < -0.3 is 13.7 Å². The average Bonchev–Trinajstić information content (AvgIpc) is 4.12. The maximum atomic E-state index is 7.01. The summed E-state index contributed by atoms with van der Waals surface area (Å²) in [5, 5.41) is 6.79. The monoisotopic (exact) mass is 875 g/mol. The lowest BCUT2D eigenvalue weighted by molar-refractivity contribution is 0.660. The van der Waals surface area contributed by atoms with Crippen LogP contribution in [0.3, 0.4) is 0 Å². The van der Waals surface area contributed by atoms with Crippen molar-refractivity contribution in [2.24, 2.45) is 0 Å². The molecule has 0 unspecified atom stereocenters. The molecule has 0 spiro atoms. The zero-order chi connectivity index (χ0) is 44.4. The first kappa shape index (κ1) is 38.1. The van der Waals surface area contributed by atoms with Crippen molar-refractivity contribution in [3.63, 3.8) is 0 Å². The maximum absolute atomic E-state index is 7.01. The van der Waals surface area contributed by atoms with Crippen LogP contribution in [0.25, 0.3) is 109 Å². The minimum atomic E-state index is -0.154. The summed E-state index contributed by atoms with van der Waals surface area (Å²) in [7, 11) is 0. The second-order valence-electron chi connectivity index (χ2n) is 18.4. The molecule has 0 radical (unpaired) electrons. The first-order chi connectivity index (χ1) is 33.0. The van der Waals surface area contributed by atoms with E-state index in [9.17, 15) is 0 Å². The highest BCUT2D eigenvalue weighted by Gasteiger charge is 2.36. The summed E-state index contributed by atoms with van der Waals surface area (Å²) in [6, 6.07) is 77.0. The van der Waals surface area contributed by atoms with E-state index in [4.69, 9.17) is 8.83 Å². The number of furan rings is 2. The number of hydrogen-bond acceptors (Lipinski definition) is 4. The summed E-state index contributed by atoms with van der Waals surface area (Å²) in [5.41, 5.74) is 18.7. The summed E-state index contributed by atoms with van der Waals surface area (Å²) in [4.78, 5) is 2.41. The fourth-order valence-corrected chi connectivity index (χ4v) is 12.3. The van der Waals surface area contributed by atoms with Crippen molar-refractivity contribution < 1.29 is 8.83 Å². The molecule has 3 aromatic heterocycles. The number of nitrogens with zero attached hydrogens (tertiary/aromatic N) is 1. The molecule has 0 fully saturated rings. The minimum absolute atomic E-state index is 0.154. The van der Waals surface area contributed by atoms with Crippen LogP contribution in [0.5, 0.6) is 0 Å². The van der Waals surface area contributed by atoms with Crippen molar-refractivity contribution in [3.05, 3.63) is 223 Å². The van der Waals surface area contributed by atoms with E-state index in [0.29, 0.717) is 0 Å². The van der Waals surface area contributed by atoms with Gasteiger partial charge in [-0.2, -0.15) is 0 Å². The van der Waals surface area contributed by atoms with E-state index >= 15 is 0 Å². The third-order valence-electron chi connectivity index (χ3n) is 14.3. The number of para-hydroxylation sites is 1. The predicted octanol–water partition coefficient (Wildman–Crippen LogP) is 18.6. The molecule has 0 atom stereocenters. The highest BCUT2D eigenvalue weighted by molar-refractivity contribution is 7.26.